The Labute approximate surface area is 199 Å². The molecule has 33 heavy (non-hydrogen) atoms. The molecule has 9 heteroatoms. The Morgan fingerprint density at radius 2 is 1.91 bits per heavy atom. The van der Waals surface area contributed by atoms with Crippen molar-refractivity contribution in [1.82, 2.24) is 15.1 Å². The van der Waals surface area contributed by atoms with Crippen molar-refractivity contribution in [1.29, 1.82) is 5.26 Å². The number of aromatic nitrogens is 2. The predicted molar refractivity (Wildman–Crippen MR) is 128 cm³/mol. The average molecular weight is 469 g/mol. The van der Waals surface area contributed by atoms with Gasteiger partial charge >= 0.3 is 0 Å². The van der Waals surface area contributed by atoms with Crippen molar-refractivity contribution in [3.05, 3.63) is 46.6 Å². The van der Waals surface area contributed by atoms with Gasteiger partial charge in [-0.05, 0) is 62.9 Å². The Morgan fingerprint density at radius 3 is 2.52 bits per heavy atom. The minimum absolute atomic E-state index is 0.0258. The number of anilines is 2. The van der Waals surface area contributed by atoms with Gasteiger partial charge in [0.15, 0.2) is 11.5 Å². The maximum atomic E-state index is 13.2. The zero-order valence-electron chi connectivity index (χ0n) is 19.0. The van der Waals surface area contributed by atoms with E-state index in [2.05, 4.69) is 33.0 Å². The van der Waals surface area contributed by atoms with E-state index >= 15 is 0 Å². The number of piperidine rings is 1. The Hall–Kier alpha value is -2.89. The van der Waals surface area contributed by atoms with Crippen LogP contribution in [0.3, 0.4) is 0 Å². The Morgan fingerprint density at radius 1 is 1.15 bits per heavy atom. The third-order valence-corrected chi connectivity index (χ3v) is 7.03. The van der Waals surface area contributed by atoms with Crippen LogP contribution < -0.4 is 9.80 Å². The minimum Gasteiger partial charge on any atom is -0.396 e. The third kappa shape index (κ3) is 4.90. The van der Waals surface area contributed by atoms with Crippen LogP contribution in [0, 0.1) is 17.2 Å². The van der Waals surface area contributed by atoms with Crippen LogP contribution in [0.5, 0.6) is 0 Å². The van der Waals surface area contributed by atoms with Gasteiger partial charge < -0.3 is 19.8 Å². The van der Waals surface area contributed by atoms with E-state index in [1.54, 1.807) is 12.1 Å². The smallest absolute Gasteiger partial charge is 0.274 e. The molecule has 2 aliphatic heterocycles. The summed E-state index contributed by atoms with van der Waals surface area (Å²) < 4.78 is 0. The van der Waals surface area contributed by atoms with Gasteiger partial charge in [-0.2, -0.15) is 5.26 Å². The van der Waals surface area contributed by atoms with Crippen molar-refractivity contribution in [2.45, 2.75) is 38.8 Å². The molecule has 2 saturated heterocycles. The molecular formula is C24H29ClN6O2. The first-order chi connectivity index (χ1) is 15.9. The van der Waals surface area contributed by atoms with Crippen molar-refractivity contribution >= 4 is 29.0 Å². The fourth-order valence-electron chi connectivity index (χ4n) is 4.64. The van der Waals surface area contributed by atoms with E-state index in [9.17, 15) is 9.90 Å². The SMILES string of the molecule is C[C@@H]1CN(c2ccc(C#N)c(Cl)c2)[C@@H](C)CN1C(=O)c1ccc(N2CCC(CO)CC2)nn1. The van der Waals surface area contributed by atoms with Crippen molar-refractivity contribution in [3.63, 3.8) is 0 Å². The quantitative estimate of drug-likeness (QED) is 0.736. The number of hydrogen-bond acceptors (Lipinski definition) is 7. The lowest BCUT2D eigenvalue weighted by atomic mass is 9.98. The first kappa shape index (κ1) is 23.3. The standard InChI is InChI=1S/C24H29ClN6O2/c1-16-14-31(17(2)13-30(16)20-4-3-19(12-26)21(25)11-20)24(33)22-5-6-23(28-27-22)29-9-7-18(15-32)8-10-29/h3-6,11,16-18,32H,7-10,13-15H2,1-2H3/t16-,17+/m0/s1. The highest BCUT2D eigenvalue weighted by atomic mass is 35.5. The number of nitriles is 1. The summed E-state index contributed by atoms with van der Waals surface area (Å²) in [6.07, 6.45) is 1.87. The van der Waals surface area contributed by atoms with Gasteiger partial charge in [0, 0.05) is 50.6 Å². The number of carbonyl (C=O) groups is 1. The van der Waals surface area contributed by atoms with E-state index in [0.717, 1.165) is 37.4 Å². The summed E-state index contributed by atoms with van der Waals surface area (Å²) >= 11 is 6.23. The summed E-state index contributed by atoms with van der Waals surface area (Å²) in [5.74, 6) is 1.01. The topological polar surface area (TPSA) is 96.6 Å². The number of piperazine rings is 1. The van der Waals surface area contributed by atoms with Gasteiger partial charge in [-0.3, -0.25) is 4.79 Å². The zero-order valence-corrected chi connectivity index (χ0v) is 19.7. The van der Waals surface area contributed by atoms with Gasteiger partial charge in [0.2, 0.25) is 0 Å². The molecule has 2 fully saturated rings. The number of aliphatic hydroxyl groups is 1. The molecule has 1 amide bonds. The number of carbonyl (C=O) groups excluding carboxylic acids is 1. The summed E-state index contributed by atoms with van der Waals surface area (Å²) in [4.78, 5) is 19.4. The van der Waals surface area contributed by atoms with E-state index in [1.165, 1.54) is 0 Å². The second-order valence-corrected chi connectivity index (χ2v) is 9.38. The van der Waals surface area contributed by atoms with Gasteiger partial charge in [0.1, 0.15) is 6.07 Å². The number of nitrogens with zero attached hydrogens (tertiary/aromatic N) is 6. The number of halogens is 1. The zero-order chi connectivity index (χ0) is 23.5. The van der Waals surface area contributed by atoms with Crippen molar-refractivity contribution in [2.75, 3.05) is 42.6 Å². The van der Waals surface area contributed by atoms with Crippen molar-refractivity contribution < 1.29 is 9.90 Å². The molecule has 2 atom stereocenters. The van der Waals surface area contributed by atoms with Crippen molar-refractivity contribution in [3.8, 4) is 6.07 Å². The number of benzene rings is 1. The predicted octanol–water partition coefficient (Wildman–Crippen LogP) is 2.95. The number of amides is 1. The second kappa shape index (κ2) is 9.94. The van der Waals surface area contributed by atoms with Crippen LogP contribution in [0.25, 0.3) is 0 Å². The summed E-state index contributed by atoms with van der Waals surface area (Å²) in [6.45, 7) is 7.20. The van der Waals surface area contributed by atoms with E-state index < -0.39 is 0 Å². The number of aliphatic hydroxyl groups excluding tert-OH is 1. The molecule has 0 aliphatic carbocycles. The molecule has 2 aromatic rings. The first-order valence-electron chi connectivity index (χ1n) is 11.4. The Bertz CT molecular complexity index is 1030. The van der Waals surface area contributed by atoms with Gasteiger partial charge in [-0.1, -0.05) is 11.6 Å². The van der Waals surface area contributed by atoms with Gasteiger partial charge in [0.05, 0.1) is 10.6 Å². The highest BCUT2D eigenvalue weighted by molar-refractivity contribution is 6.32. The number of rotatable bonds is 4. The number of hydrogen-bond donors (Lipinski definition) is 1. The molecule has 1 N–H and O–H groups in total. The molecule has 0 bridgehead atoms. The van der Waals surface area contributed by atoms with Gasteiger partial charge in [0.25, 0.3) is 5.91 Å². The molecule has 0 radical (unpaired) electrons. The van der Waals surface area contributed by atoms with E-state index in [-0.39, 0.29) is 24.6 Å². The summed E-state index contributed by atoms with van der Waals surface area (Å²) in [6, 6.07) is 11.2. The van der Waals surface area contributed by atoms with Crippen LogP contribution in [-0.2, 0) is 0 Å². The van der Waals surface area contributed by atoms with E-state index in [0.29, 0.717) is 35.3 Å². The molecule has 0 unspecified atom stereocenters. The molecule has 0 saturated carbocycles. The molecular weight excluding hydrogens is 440 g/mol. The van der Waals surface area contributed by atoms with Crippen LogP contribution in [0.1, 0.15) is 42.7 Å². The average Bonchev–Trinajstić information content (AvgIpc) is 2.85. The lowest BCUT2D eigenvalue weighted by Gasteiger charge is -2.45. The van der Waals surface area contributed by atoms with Crippen LogP contribution in [0.2, 0.25) is 5.02 Å². The highest BCUT2D eigenvalue weighted by Gasteiger charge is 2.33. The van der Waals surface area contributed by atoms with E-state index in [1.807, 2.05) is 30.0 Å². The highest BCUT2D eigenvalue weighted by Crippen LogP contribution is 2.28. The molecule has 4 rings (SSSR count). The monoisotopic (exact) mass is 468 g/mol. The minimum atomic E-state index is -0.120. The molecule has 1 aromatic carbocycles. The molecule has 8 nitrogen and oxygen atoms in total. The fraction of sp³-hybridized carbons (Fsp3) is 0.500. The maximum absolute atomic E-state index is 13.2. The third-order valence-electron chi connectivity index (χ3n) is 6.72. The van der Waals surface area contributed by atoms with Crippen LogP contribution in [0.15, 0.2) is 30.3 Å². The van der Waals surface area contributed by atoms with Crippen LogP contribution in [0.4, 0.5) is 11.5 Å². The summed E-state index contributed by atoms with van der Waals surface area (Å²) in [7, 11) is 0. The second-order valence-electron chi connectivity index (χ2n) is 8.97. The fourth-order valence-corrected chi connectivity index (χ4v) is 4.86. The molecule has 0 spiro atoms. The van der Waals surface area contributed by atoms with E-state index in [4.69, 9.17) is 16.9 Å². The first-order valence-corrected chi connectivity index (χ1v) is 11.8. The van der Waals surface area contributed by atoms with Crippen molar-refractivity contribution in [2.24, 2.45) is 5.92 Å². The van der Waals surface area contributed by atoms with Gasteiger partial charge in [-0.15, -0.1) is 10.2 Å². The molecule has 1 aromatic heterocycles. The largest absolute Gasteiger partial charge is 0.396 e. The lowest BCUT2D eigenvalue weighted by molar-refractivity contribution is 0.0637. The lowest BCUT2D eigenvalue weighted by Crippen LogP contribution is -2.58. The van der Waals surface area contributed by atoms with Crippen LogP contribution >= 0.6 is 11.6 Å². The summed E-state index contributed by atoms with van der Waals surface area (Å²) in [5, 5.41) is 27.4. The molecule has 3 heterocycles. The maximum Gasteiger partial charge on any atom is 0.274 e. The van der Waals surface area contributed by atoms with Gasteiger partial charge in [-0.25, -0.2) is 0 Å². The Kier molecular flexibility index (Phi) is 7.01. The molecule has 2 aliphatic rings. The Balaban J connectivity index is 1.42. The summed E-state index contributed by atoms with van der Waals surface area (Å²) in [5.41, 5.74) is 1.74. The normalized spacial score (nSPS) is 21.7. The molecule has 174 valence electrons. The van der Waals surface area contributed by atoms with Crippen LogP contribution in [-0.4, -0.2) is 71.0 Å².